The first-order chi connectivity index (χ1) is 15.6. The van der Waals surface area contributed by atoms with Crippen LogP contribution in [0.25, 0.3) is 0 Å². The molecule has 0 bridgehead atoms. The molecule has 0 rings (SSSR count). The lowest BCUT2D eigenvalue weighted by Gasteiger charge is -2.33. The van der Waals surface area contributed by atoms with Gasteiger partial charge in [0, 0.05) is 6.42 Å². The van der Waals surface area contributed by atoms with Gasteiger partial charge in [-0.1, -0.05) is 6.58 Å². The summed E-state index contributed by atoms with van der Waals surface area (Å²) in [6.07, 6.45) is -22.3. The van der Waals surface area contributed by atoms with E-state index in [-0.39, 0.29) is 0 Å². The summed E-state index contributed by atoms with van der Waals surface area (Å²) in [6, 6.07) is 0. The van der Waals surface area contributed by atoms with E-state index in [0.717, 1.165) is 0 Å². The van der Waals surface area contributed by atoms with Gasteiger partial charge >= 0.3 is 57.5 Å². The van der Waals surface area contributed by atoms with Gasteiger partial charge in [-0.15, -0.1) is 0 Å². The third kappa shape index (κ3) is 8.08. The Labute approximate surface area is 190 Å². The van der Waals surface area contributed by atoms with Crippen LogP contribution in [0.1, 0.15) is 12.8 Å². The van der Waals surface area contributed by atoms with E-state index in [4.69, 9.17) is 4.55 Å². The number of hydrogen-bond acceptors (Lipinski definition) is 7. The molecule has 0 spiro atoms. The van der Waals surface area contributed by atoms with Crippen molar-refractivity contribution in [2.45, 2.75) is 48.3 Å². The second kappa shape index (κ2) is 10.6. The van der Waals surface area contributed by atoms with Crippen molar-refractivity contribution < 1.29 is 93.8 Å². The molecule has 0 aromatic carbocycles. The van der Waals surface area contributed by atoms with Crippen molar-refractivity contribution in [3.05, 3.63) is 12.2 Å². The number of carbonyl (C=O) groups excluding carboxylic acids is 2. The molecule has 1 unspecified atom stereocenters. The van der Waals surface area contributed by atoms with Crippen molar-refractivity contribution in [3.8, 4) is 0 Å². The maximum absolute atomic E-state index is 13.5. The molecule has 0 radical (unpaired) electrons. The summed E-state index contributed by atoms with van der Waals surface area (Å²) in [6.45, 7) is -2.98. The molecule has 0 saturated heterocycles. The van der Waals surface area contributed by atoms with Gasteiger partial charge < -0.3 is 14.2 Å². The molecule has 0 fully saturated rings. The van der Waals surface area contributed by atoms with E-state index in [1.807, 2.05) is 6.58 Å². The van der Waals surface area contributed by atoms with Crippen LogP contribution in [0.5, 0.6) is 0 Å². The second-order valence-corrected chi connectivity index (χ2v) is 7.78. The van der Waals surface area contributed by atoms with Crippen LogP contribution >= 0.6 is 0 Å². The van der Waals surface area contributed by atoms with E-state index in [9.17, 15) is 75.1 Å². The summed E-state index contributed by atoms with van der Waals surface area (Å²) in [7, 11) is -6.79. The smallest absolute Gasteiger partial charge is 0.451 e. The van der Waals surface area contributed by atoms with Gasteiger partial charge in [0.2, 0.25) is 0 Å². The normalized spacial score (nSPS) is 15.7. The Kier molecular flexibility index (Phi) is 9.86. The fourth-order valence-electron chi connectivity index (χ4n) is 1.78. The minimum absolute atomic E-state index is 1.85. The maximum Gasteiger partial charge on any atom is 0.468 e. The van der Waals surface area contributed by atoms with Crippen molar-refractivity contribution in [1.82, 2.24) is 0 Å². The zero-order chi connectivity index (χ0) is 29.2. The molecule has 22 heteroatoms. The van der Waals surface area contributed by atoms with E-state index < -0.39 is 89.2 Å². The van der Waals surface area contributed by atoms with Crippen LogP contribution in [0.2, 0.25) is 0 Å². The lowest BCUT2D eigenvalue weighted by molar-refractivity contribution is -0.357. The molecule has 36 heavy (non-hydrogen) atoms. The molecule has 8 nitrogen and oxygen atoms in total. The Hall–Kier alpha value is -2.36. The van der Waals surface area contributed by atoms with E-state index in [1.165, 1.54) is 0 Å². The Balaban J connectivity index is 6.11. The Morgan fingerprint density at radius 2 is 1.33 bits per heavy atom. The first-order valence-electron chi connectivity index (χ1n) is 8.29. The van der Waals surface area contributed by atoms with Crippen molar-refractivity contribution >= 4 is 22.1 Å². The summed E-state index contributed by atoms with van der Waals surface area (Å²) in [5, 5.41) is -6.22. The molecular weight excluding hydrogens is 575 g/mol. The number of hydrogen-bond donors (Lipinski definition) is 1. The Bertz CT molecular complexity index is 936. The highest BCUT2D eigenvalue weighted by molar-refractivity contribution is 7.87. The standard InChI is InChI=1S/C14H11F13O8S/c1-6(12(20,21)22)7(28)35-11(13(23,24)25,8(29)33-5-10(17,18)19)34-4-2-3-9(15,16)14(26,27)36(30,31)32/h1-5H2,(H,30,31,32). The fourth-order valence-corrected chi connectivity index (χ4v) is 2.26. The van der Waals surface area contributed by atoms with Gasteiger partial charge in [-0.05, 0) is 6.42 Å². The number of halogens is 13. The fraction of sp³-hybridized carbons (Fsp3) is 0.714. The monoisotopic (exact) mass is 586 g/mol. The number of ether oxygens (including phenoxy) is 3. The SMILES string of the molecule is C=C(C(=O)OC(OCCCC(F)(F)C(F)(F)S(=O)(=O)O)(C(=O)OCC(F)(F)F)C(F)(F)F)C(F)(F)F. The molecule has 0 aromatic heterocycles. The highest BCUT2D eigenvalue weighted by atomic mass is 32.2. The van der Waals surface area contributed by atoms with Gasteiger partial charge in [0.15, 0.2) is 6.61 Å². The average Bonchev–Trinajstić information content (AvgIpc) is 2.64. The summed E-state index contributed by atoms with van der Waals surface area (Å²) in [4.78, 5) is 23.1. The van der Waals surface area contributed by atoms with Gasteiger partial charge in [0.25, 0.3) is 0 Å². The van der Waals surface area contributed by atoms with Gasteiger partial charge in [-0.25, -0.2) is 9.59 Å². The van der Waals surface area contributed by atoms with Crippen molar-refractivity contribution in [2.24, 2.45) is 0 Å². The maximum atomic E-state index is 13.5. The molecule has 0 saturated carbocycles. The van der Waals surface area contributed by atoms with E-state index in [0.29, 0.717) is 0 Å². The Morgan fingerprint density at radius 3 is 1.69 bits per heavy atom. The van der Waals surface area contributed by atoms with Gasteiger partial charge in [-0.3, -0.25) is 4.55 Å². The lowest BCUT2D eigenvalue weighted by atomic mass is 10.2. The topological polar surface area (TPSA) is 116 Å². The lowest BCUT2D eigenvalue weighted by Crippen LogP contribution is -2.59. The minimum Gasteiger partial charge on any atom is -0.451 e. The van der Waals surface area contributed by atoms with Crippen LogP contribution in [0.4, 0.5) is 57.1 Å². The zero-order valence-electron chi connectivity index (χ0n) is 16.7. The molecule has 0 aromatic rings. The molecule has 1 N–H and O–H groups in total. The number of carbonyl (C=O) groups is 2. The summed E-state index contributed by atoms with van der Waals surface area (Å²) in [5.41, 5.74) is -2.76. The van der Waals surface area contributed by atoms with Crippen LogP contribution in [-0.4, -0.2) is 73.6 Å². The molecule has 0 aliphatic heterocycles. The van der Waals surface area contributed by atoms with Crippen LogP contribution in [0.15, 0.2) is 12.2 Å². The third-order valence-electron chi connectivity index (χ3n) is 3.52. The van der Waals surface area contributed by atoms with E-state index in [2.05, 4.69) is 14.2 Å². The molecule has 1 atom stereocenters. The summed E-state index contributed by atoms with van der Waals surface area (Å²) < 4.78 is 207. The highest BCUT2D eigenvalue weighted by Gasteiger charge is 2.69. The van der Waals surface area contributed by atoms with E-state index in [1.54, 1.807) is 0 Å². The minimum atomic E-state index is -6.79. The molecule has 212 valence electrons. The third-order valence-corrected chi connectivity index (χ3v) is 4.47. The quantitative estimate of drug-likeness (QED) is 0.0968. The largest absolute Gasteiger partial charge is 0.468 e. The highest BCUT2D eigenvalue weighted by Crippen LogP contribution is 2.42. The van der Waals surface area contributed by atoms with Crippen molar-refractivity contribution in [1.29, 1.82) is 0 Å². The van der Waals surface area contributed by atoms with Gasteiger partial charge in [0.05, 0.1) is 6.61 Å². The van der Waals surface area contributed by atoms with Crippen LogP contribution in [0, 0.1) is 0 Å². The first kappa shape index (κ1) is 33.6. The predicted octanol–water partition coefficient (Wildman–Crippen LogP) is 3.92. The molecule has 0 aliphatic rings. The van der Waals surface area contributed by atoms with Crippen molar-refractivity contribution in [2.75, 3.05) is 13.2 Å². The molecular formula is C14H11F13O8S. The zero-order valence-corrected chi connectivity index (χ0v) is 17.5. The molecule has 0 aliphatic carbocycles. The average molecular weight is 586 g/mol. The van der Waals surface area contributed by atoms with E-state index >= 15 is 0 Å². The molecule has 0 heterocycles. The second-order valence-electron chi connectivity index (χ2n) is 6.32. The van der Waals surface area contributed by atoms with Crippen LogP contribution < -0.4 is 0 Å². The summed E-state index contributed by atoms with van der Waals surface area (Å²) >= 11 is 0. The van der Waals surface area contributed by atoms with Gasteiger partial charge in [-0.2, -0.15) is 65.5 Å². The molecule has 0 amide bonds. The van der Waals surface area contributed by atoms with Crippen LogP contribution in [-0.2, 0) is 33.9 Å². The predicted molar refractivity (Wildman–Crippen MR) is 83.7 cm³/mol. The van der Waals surface area contributed by atoms with Crippen molar-refractivity contribution in [3.63, 3.8) is 0 Å². The number of alkyl halides is 13. The van der Waals surface area contributed by atoms with Gasteiger partial charge in [0.1, 0.15) is 5.57 Å². The van der Waals surface area contributed by atoms with Crippen LogP contribution in [0.3, 0.4) is 0 Å². The Morgan fingerprint density at radius 1 is 0.861 bits per heavy atom. The number of esters is 2. The first-order valence-corrected chi connectivity index (χ1v) is 9.73. The summed E-state index contributed by atoms with van der Waals surface area (Å²) in [5.74, 6) is -17.8. The number of rotatable bonds is 11.